The Hall–Kier alpha value is -1.27. The molecule has 1 aliphatic heterocycles. The summed E-state index contributed by atoms with van der Waals surface area (Å²) < 4.78 is 6.37. The van der Waals surface area contributed by atoms with Gasteiger partial charge in [-0.2, -0.15) is 0 Å². The molecule has 1 amide bonds. The van der Waals surface area contributed by atoms with Gasteiger partial charge in [-0.1, -0.05) is 6.07 Å². The first-order valence-corrected chi connectivity index (χ1v) is 6.01. The van der Waals surface area contributed by atoms with Crippen molar-refractivity contribution in [3.8, 4) is 0 Å². The molecule has 5 nitrogen and oxygen atoms in total. The van der Waals surface area contributed by atoms with E-state index >= 15 is 0 Å². The number of benzene rings is 1. The van der Waals surface area contributed by atoms with Crippen LogP contribution in [0.4, 0.5) is 10.5 Å². The third kappa shape index (κ3) is 2.70. The lowest BCUT2D eigenvalue weighted by atomic mass is 10.1. The van der Waals surface area contributed by atoms with Gasteiger partial charge >= 0.3 is 6.09 Å². The number of hydrogen-bond acceptors (Lipinski definition) is 3. The lowest BCUT2D eigenvalue weighted by Crippen LogP contribution is -2.41. The van der Waals surface area contributed by atoms with Crippen molar-refractivity contribution in [1.82, 2.24) is 4.90 Å². The molecule has 0 bridgehead atoms. The van der Waals surface area contributed by atoms with E-state index in [0.717, 1.165) is 10.0 Å². The minimum atomic E-state index is -0.909. The molecule has 1 saturated heterocycles. The minimum absolute atomic E-state index is 0.225. The van der Waals surface area contributed by atoms with E-state index in [9.17, 15) is 4.79 Å². The van der Waals surface area contributed by atoms with E-state index in [1.807, 2.05) is 12.1 Å². The van der Waals surface area contributed by atoms with Gasteiger partial charge in [-0.3, -0.25) is 0 Å². The molecular formula is C11H13BrN2O3. The lowest BCUT2D eigenvalue weighted by Gasteiger charge is -2.31. The highest BCUT2D eigenvalue weighted by molar-refractivity contribution is 9.10. The van der Waals surface area contributed by atoms with Crippen molar-refractivity contribution in [2.45, 2.75) is 6.10 Å². The van der Waals surface area contributed by atoms with Crippen molar-refractivity contribution < 1.29 is 14.6 Å². The van der Waals surface area contributed by atoms with Crippen molar-refractivity contribution in [1.29, 1.82) is 0 Å². The zero-order valence-electron chi connectivity index (χ0n) is 9.10. The van der Waals surface area contributed by atoms with Gasteiger partial charge in [-0.05, 0) is 33.6 Å². The molecule has 0 unspecified atom stereocenters. The molecule has 0 aromatic heterocycles. The number of halogens is 1. The van der Waals surface area contributed by atoms with Crippen LogP contribution < -0.4 is 5.73 Å². The van der Waals surface area contributed by atoms with Crippen LogP contribution in [0.15, 0.2) is 22.7 Å². The number of carbonyl (C=O) groups is 1. The minimum Gasteiger partial charge on any atom is -0.465 e. The van der Waals surface area contributed by atoms with Gasteiger partial charge in [-0.15, -0.1) is 0 Å². The molecule has 1 atom stereocenters. The zero-order valence-corrected chi connectivity index (χ0v) is 10.7. The first kappa shape index (κ1) is 12.2. The smallest absolute Gasteiger partial charge is 0.407 e. The van der Waals surface area contributed by atoms with Gasteiger partial charge in [0.1, 0.15) is 6.10 Å². The second kappa shape index (κ2) is 4.93. The number of nitrogen functional groups attached to an aromatic ring is 1. The quantitative estimate of drug-likeness (QED) is 0.779. The van der Waals surface area contributed by atoms with Crippen LogP contribution in [0.5, 0.6) is 0 Å². The van der Waals surface area contributed by atoms with Crippen molar-refractivity contribution in [2.24, 2.45) is 0 Å². The third-order valence-corrected chi connectivity index (χ3v) is 3.42. The van der Waals surface area contributed by atoms with Crippen LogP contribution in [-0.2, 0) is 4.74 Å². The molecule has 0 saturated carbocycles. The molecule has 0 aliphatic carbocycles. The summed E-state index contributed by atoms with van der Waals surface area (Å²) in [5.74, 6) is 0. The first-order chi connectivity index (χ1) is 8.08. The number of anilines is 1. The van der Waals surface area contributed by atoms with Crippen LogP contribution in [0, 0.1) is 0 Å². The molecule has 1 heterocycles. The first-order valence-electron chi connectivity index (χ1n) is 5.22. The molecular weight excluding hydrogens is 288 g/mol. The molecule has 3 N–H and O–H groups in total. The molecule has 0 radical (unpaired) electrons. The highest BCUT2D eigenvalue weighted by Crippen LogP contribution is 2.28. The molecule has 17 heavy (non-hydrogen) atoms. The fourth-order valence-corrected chi connectivity index (χ4v) is 2.16. The van der Waals surface area contributed by atoms with Crippen molar-refractivity contribution >= 4 is 27.7 Å². The fourth-order valence-electron chi connectivity index (χ4n) is 1.77. The third-order valence-electron chi connectivity index (χ3n) is 2.73. The standard InChI is InChI=1S/C11H13BrN2O3/c12-8-5-7(1-2-9(8)13)10-6-14(11(15)16)3-4-17-10/h1-2,5,10H,3-4,6,13H2,(H,15,16)/t10-/m1/s1. The number of rotatable bonds is 1. The Kier molecular flexibility index (Phi) is 3.54. The topological polar surface area (TPSA) is 75.8 Å². The lowest BCUT2D eigenvalue weighted by molar-refractivity contribution is -0.0232. The van der Waals surface area contributed by atoms with E-state index in [0.29, 0.717) is 25.4 Å². The summed E-state index contributed by atoms with van der Waals surface area (Å²) in [6.45, 7) is 1.19. The van der Waals surface area contributed by atoms with E-state index < -0.39 is 6.09 Å². The van der Waals surface area contributed by atoms with Gasteiger partial charge in [0.2, 0.25) is 0 Å². The number of amides is 1. The van der Waals surface area contributed by atoms with Crippen LogP contribution in [0.2, 0.25) is 0 Å². The van der Waals surface area contributed by atoms with Crippen molar-refractivity contribution in [3.63, 3.8) is 0 Å². The number of morpholine rings is 1. The van der Waals surface area contributed by atoms with Crippen molar-refractivity contribution in [3.05, 3.63) is 28.2 Å². The zero-order chi connectivity index (χ0) is 12.4. The van der Waals surface area contributed by atoms with Gasteiger partial charge in [0.05, 0.1) is 13.2 Å². The molecule has 1 fully saturated rings. The Morgan fingerprint density at radius 1 is 1.59 bits per heavy atom. The number of nitrogens with two attached hydrogens (primary N) is 1. The summed E-state index contributed by atoms with van der Waals surface area (Å²) in [6, 6.07) is 5.50. The Morgan fingerprint density at radius 3 is 3.00 bits per heavy atom. The van der Waals surface area contributed by atoms with Gasteiger partial charge in [0, 0.05) is 16.7 Å². The maximum Gasteiger partial charge on any atom is 0.407 e. The van der Waals surface area contributed by atoms with Crippen LogP contribution in [0.3, 0.4) is 0 Å². The normalized spacial score (nSPS) is 20.3. The Morgan fingerprint density at radius 2 is 2.35 bits per heavy atom. The number of ether oxygens (including phenoxy) is 1. The maximum atomic E-state index is 10.9. The SMILES string of the molecule is Nc1ccc([C@H]2CN(C(=O)O)CCO2)cc1Br. The van der Waals surface area contributed by atoms with E-state index in [4.69, 9.17) is 15.6 Å². The van der Waals surface area contributed by atoms with E-state index in [1.165, 1.54) is 4.90 Å². The maximum absolute atomic E-state index is 10.9. The van der Waals surface area contributed by atoms with Crippen LogP contribution >= 0.6 is 15.9 Å². The van der Waals surface area contributed by atoms with E-state index in [1.54, 1.807) is 6.07 Å². The molecule has 6 heteroatoms. The molecule has 1 aromatic carbocycles. The van der Waals surface area contributed by atoms with Gasteiger partial charge in [0.15, 0.2) is 0 Å². The summed E-state index contributed by atoms with van der Waals surface area (Å²) in [6.07, 6.45) is -1.13. The van der Waals surface area contributed by atoms with E-state index in [2.05, 4.69) is 15.9 Å². The average Bonchev–Trinajstić information content (AvgIpc) is 2.33. The fraction of sp³-hybridized carbons (Fsp3) is 0.364. The second-order valence-electron chi connectivity index (χ2n) is 3.87. The molecule has 1 aromatic rings. The summed E-state index contributed by atoms with van der Waals surface area (Å²) >= 11 is 3.35. The monoisotopic (exact) mass is 300 g/mol. The van der Waals surface area contributed by atoms with Crippen LogP contribution in [-0.4, -0.2) is 35.8 Å². The van der Waals surface area contributed by atoms with Gasteiger partial charge in [0.25, 0.3) is 0 Å². The molecule has 92 valence electrons. The molecule has 0 spiro atoms. The molecule has 1 aliphatic rings. The Bertz CT molecular complexity index is 439. The average molecular weight is 301 g/mol. The Balaban J connectivity index is 2.16. The summed E-state index contributed by atoms with van der Waals surface area (Å²) in [5.41, 5.74) is 7.28. The van der Waals surface area contributed by atoms with Gasteiger partial charge < -0.3 is 20.5 Å². The summed E-state index contributed by atoms with van der Waals surface area (Å²) in [7, 11) is 0. The summed E-state index contributed by atoms with van der Waals surface area (Å²) in [5, 5.41) is 8.94. The largest absolute Gasteiger partial charge is 0.465 e. The highest BCUT2D eigenvalue weighted by Gasteiger charge is 2.25. The van der Waals surface area contributed by atoms with E-state index in [-0.39, 0.29) is 6.10 Å². The predicted octanol–water partition coefficient (Wildman–Crippen LogP) is 2.08. The number of nitrogens with zero attached hydrogens (tertiary/aromatic N) is 1. The summed E-state index contributed by atoms with van der Waals surface area (Å²) in [4.78, 5) is 12.3. The Labute approximate surface area is 107 Å². The predicted molar refractivity (Wildman–Crippen MR) is 66.8 cm³/mol. The number of hydrogen-bond donors (Lipinski definition) is 2. The van der Waals surface area contributed by atoms with Crippen LogP contribution in [0.25, 0.3) is 0 Å². The highest BCUT2D eigenvalue weighted by atomic mass is 79.9. The van der Waals surface area contributed by atoms with Crippen LogP contribution in [0.1, 0.15) is 11.7 Å². The second-order valence-corrected chi connectivity index (χ2v) is 4.72. The molecule has 2 rings (SSSR count). The van der Waals surface area contributed by atoms with Crippen molar-refractivity contribution in [2.75, 3.05) is 25.4 Å². The number of carboxylic acid groups (broad SMARTS) is 1. The van der Waals surface area contributed by atoms with Gasteiger partial charge in [-0.25, -0.2) is 4.79 Å².